The van der Waals surface area contributed by atoms with Gasteiger partial charge in [0.15, 0.2) is 0 Å². The summed E-state index contributed by atoms with van der Waals surface area (Å²) in [6.07, 6.45) is 0. The van der Waals surface area contributed by atoms with Crippen LogP contribution in [0.2, 0.25) is 0 Å². The number of para-hydroxylation sites is 1. The molecule has 0 amide bonds. The molecule has 0 aliphatic carbocycles. The summed E-state index contributed by atoms with van der Waals surface area (Å²) in [6.45, 7) is 1.07. The van der Waals surface area contributed by atoms with E-state index in [0.29, 0.717) is 13.2 Å². The average molecular weight is 264 g/mol. The Hall–Kier alpha value is -2.48. The van der Waals surface area contributed by atoms with Gasteiger partial charge in [0.05, 0.1) is 0 Å². The van der Waals surface area contributed by atoms with Gasteiger partial charge in [-0.25, -0.2) is 0 Å². The van der Waals surface area contributed by atoms with E-state index in [4.69, 9.17) is 9.47 Å². The summed E-state index contributed by atoms with van der Waals surface area (Å²) in [5.74, 6) is 1.75. The van der Waals surface area contributed by atoms with Crippen LogP contribution in [0.25, 0.3) is 10.8 Å². The Morgan fingerprint density at radius 1 is 0.550 bits per heavy atom. The van der Waals surface area contributed by atoms with E-state index >= 15 is 0 Å². The molecule has 0 radical (unpaired) electrons. The smallest absolute Gasteiger partial charge is 0.122 e. The van der Waals surface area contributed by atoms with E-state index in [1.54, 1.807) is 0 Å². The van der Waals surface area contributed by atoms with Gasteiger partial charge in [-0.2, -0.15) is 0 Å². The molecule has 0 N–H and O–H groups in total. The van der Waals surface area contributed by atoms with Gasteiger partial charge in [0.25, 0.3) is 0 Å². The number of hydrogen-bond donors (Lipinski definition) is 0. The fourth-order valence-electron chi connectivity index (χ4n) is 2.09. The van der Waals surface area contributed by atoms with Gasteiger partial charge in [-0.15, -0.1) is 0 Å². The van der Waals surface area contributed by atoms with Crippen molar-refractivity contribution in [1.29, 1.82) is 0 Å². The van der Waals surface area contributed by atoms with Crippen LogP contribution >= 0.6 is 0 Å². The third kappa shape index (κ3) is 3.09. The summed E-state index contributed by atoms with van der Waals surface area (Å²) in [5.41, 5.74) is 0. The molecule has 2 heteroatoms. The molecule has 0 saturated carbocycles. The van der Waals surface area contributed by atoms with Crippen LogP contribution in [-0.2, 0) is 0 Å². The molecule has 3 aromatic rings. The van der Waals surface area contributed by atoms with E-state index in [1.165, 1.54) is 10.8 Å². The Labute approximate surface area is 118 Å². The zero-order valence-corrected chi connectivity index (χ0v) is 11.2. The molecule has 3 rings (SSSR count). The van der Waals surface area contributed by atoms with Crippen molar-refractivity contribution in [3.8, 4) is 11.5 Å². The summed E-state index contributed by atoms with van der Waals surface area (Å²) >= 11 is 0. The van der Waals surface area contributed by atoms with Gasteiger partial charge in [0, 0.05) is 0 Å². The zero-order chi connectivity index (χ0) is 13.6. The Morgan fingerprint density at radius 2 is 1.20 bits per heavy atom. The summed E-state index contributed by atoms with van der Waals surface area (Å²) in [6, 6.07) is 24.1. The van der Waals surface area contributed by atoms with Crippen molar-refractivity contribution in [3.63, 3.8) is 0 Å². The number of ether oxygens (including phenoxy) is 2. The maximum Gasteiger partial charge on any atom is 0.122 e. The van der Waals surface area contributed by atoms with Crippen molar-refractivity contribution in [3.05, 3.63) is 72.8 Å². The lowest BCUT2D eigenvalue weighted by atomic mass is 10.1. The van der Waals surface area contributed by atoms with Gasteiger partial charge in [0.2, 0.25) is 0 Å². The minimum Gasteiger partial charge on any atom is -0.490 e. The third-order valence-corrected chi connectivity index (χ3v) is 3.08. The summed E-state index contributed by atoms with van der Waals surface area (Å²) in [7, 11) is 0. The molecule has 3 aromatic carbocycles. The molecule has 0 unspecified atom stereocenters. The molecule has 0 aliphatic heterocycles. The Morgan fingerprint density at radius 3 is 2.00 bits per heavy atom. The van der Waals surface area contributed by atoms with E-state index in [2.05, 4.69) is 24.3 Å². The van der Waals surface area contributed by atoms with Gasteiger partial charge in [-0.1, -0.05) is 48.5 Å². The Bertz CT molecular complexity index is 677. The molecule has 0 aromatic heterocycles. The molecule has 100 valence electrons. The lowest BCUT2D eigenvalue weighted by Gasteiger charge is -2.09. The van der Waals surface area contributed by atoms with Crippen LogP contribution in [0.5, 0.6) is 11.5 Å². The van der Waals surface area contributed by atoms with Crippen molar-refractivity contribution in [2.24, 2.45) is 0 Å². The maximum atomic E-state index is 5.71. The van der Waals surface area contributed by atoms with Crippen molar-refractivity contribution in [2.75, 3.05) is 13.2 Å². The standard InChI is InChI=1S/C18H16O2/c1-2-8-17(9-3-1)19-12-13-20-18-11-10-15-6-4-5-7-16(15)14-18/h1-11,14H,12-13H2. The first-order chi connectivity index (χ1) is 9.92. The molecule has 0 spiro atoms. The van der Waals surface area contributed by atoms with Crippen LogP contribution in [0.4, 0.5) is 0 Å². The highest BCUT2D eigenvalue weighted by atomic mass is 16.5. The Kier molecular flexibility index (Phi) is 3.83. The first-order valence-corrected chi connectivity index (χ1v) is 6.71. The highest BCUT2D eigenvalue weighted by molar-refractivity contribution is 5.83. The molecule has 0 fully saturated rings. The molecule has 2 nitrogen and oxygen atoms in total. The first kappa shape index (κ1) is 12.5. The molecular weight excluding hydrogens is 248 g/mol. The van der Waals surface area contributed by atoms with E-state index < -0.39 is 0 Å². The average Bonchev–Trinajstić information content (AvgIpc) is 2.52. The van der Waals surface area contributed by atoms with Crippen molar-refractivity contribution in [2.45, 2.75) is 0 Å². The molecule has 0 bridgehead atoms. The van der Waals surface area contributed by atoms with Gasteiger partial charge in [-0.3, -0.25) is 0 Å². The SMILES string of the molecule is c1ccc(OCCOc2ccc3ccccc3c2)cc1. The van der Waals surface area contributed by atoms with E-state index in [-0.39, 0.29) is 0 Å². The van der Waals surface area contributed by atoms with Crippen LogP contribution in [0, 0.1) is 0 Å². The molecule has 20 heavy (non-hydrogen) atoms. The molecular formula is C18H16O2. The maximum absolute atomic E-state index is 5.71. The zero-order valence-electron chi connectivity index (χ0n) is 11.2. The van der Waals surface area contributed by atoms with Crippen LogP contribution in [0.1, 0.15) is 0 Å². The molecule has 0 heterocycles. The monoisotopic (exact) mass is 264 g/mol. The topological polar surface area (TPSA) is 18.5 Å². The predicted octanol–water partition coefficient (Wildman–Crippen LogP) is 4.30. The quantitative estimate of drug-likeness (QED) is 0.640. The second-order valence-electron chi connectivity index (χ2n) is 4.52. The largest absolute Gasteiger partial charge is 0.490 e. The minimum atomic E-state index is 0.535. The first-order valence-electron chi connectivity index (χ1n) is 6.71. The van der Waals surface area contributed by atoms with Crippen molar-refractivity contribution >= 4 is 10.8 Å². The molecule has 0 atom stereocenters. The number of fused-ring (bicyclic) bond motifs is 1. The normalized spacial score (nSPS) is 10.4. The minimum absolute atomic E-state index is 0.535. The van der Waals surface area contributed by atoms with Crippen LogP contribution in [-0.4, -0.2) is 13.2 Å². The van der Waals surface area contributed by atoms with Gasteiger partial charge < -0.3 is 9.47 Å². The number of benzene rings is 3. The fourth-order valence-corrected chi connectivity index (χ4v) is 2.09. The third-order valence-electron chi connectivity index (χ3n) is 3.08. The molecule has 0 saturated heterocycles. The second kappa shape index (κ2) is 6.11. The van der Waals surface area contributed by atoms with Crippen LogP contribution in [0.15, 0.2) is 72.8 Å². The lowest BCUT2D eigenvalue weighted by molar-refractivity contribution is 0.217. The summed E-state index contributed by atoms with van der Waals surface area (Å²) in [4.78, 5) is 0. The van der Waals surface area contributed by atoms with Crippen molar-refractivity contribution < 1.29 is 9.47 Å². The summed E-state index contributed by atoms with van der Waals surface area (Å²) < 4.78 is 11.3. The van der Waals surface area contributed by atoms with E-state index in [9.17, 15) is 0 Å². The van der Waals surface area contributed by atoms with Crippen LogP contribution in [0.3, 0.4) is 0 Å². The van der Waals surface area contributed by atoms with Gasteiger partial charge in [0.1, 0.15) is 24.7 Å². The predicted molar refractivity (Wildman–Crippen MR) is 81.4 cm³/mol. The molecule has 0 aliphatic rings. The number of rotatable bonds is 5. The van der Waals surface area contributed by atoms with Gasteiger partial charge >= 0.3 is 0 Å². The highest BCUT2D eigenvalue weighted by Crippen LogP contribution is 2.20. The summed E-state index contributed by atoms with van der Waals surface area (Å²) in [5, 5.41) is 2.41. The van der Waals surface area contributed by atoms with Crippen molar-refractivity contribution in [1.82, 2.24) is 0 Å². The van der Waals surface area contributed by atoms with E-state index in [1.807, 2.05) is 48.5 Å². The van der Waals surface area contributed by atoms with Crippen LogP contribution < -0.4 is 9.47 Å². The fraction of sp³-hybridized carbons (Fsp3) is 0.111. The lowest BCUT2D eigenvalue weighted by Crippen LogP contribution is -2.08. The van der Waals surface area contributed by atoms with E-state index in [0.717, 1.165) is 11.5 Å². The Balaban J connectivity index is 1.55. The van der Waals surface area contributed by atoms with Gasteiger partial charge in [-0.05, 0) is 35.0 Å². The highest BCUT2D eigenvalue weighted by Gasteiger charge is 1.97. The second-order valence-corrected chi connectivity index (χ2v) is 4.52. The number of hydrogen-bond acceptors (Lipinski definition) is 2.